The first-order valence-electron chi connectivity index (χ1n) is 9.39. The molecule has 0 unspecified atom stereocenters. The van der Waals surface area contributed by atoms with E-state index in [4.69, 9.17) is 9.15 Å². The van der Waals surface area contributed by atoms with Crippen LogP contribution in [0.3, 0.4) is 0 Å². The number of ether oxygens (including phenoxy) is 1. The van der Waals surface area contributed by atoms with Crippen molar-refractivity contribution < 1.29 is 18.7 Å². The predicted molar refractivity (Wildman–Crippen MR) is 114 cm³/mol. The molecule has 150 valence electrons. The minimum atomic E-state index is -0.287. The van der Waals surface area contributed by atoms with E-state index < -0.39 is 0 Å². The van der Waals surface area contributed by atoms with Crippen LogP contribution in [-0.2, 0) is 16.0 Å². The molecule has 2 aromatic carbocycles. The first kappa shape index (κ1) is 20.2. The van der Waals surface area contributed by atoms with Gasteiger partial charge in [-0.1, -0.05) is 31.2 Å². The lowest BCUT2D eigenvalue weighted by Crippen LogP contribution is -2.33. The summed E-state index contributed by atoms with van der Waals surface area (Å²) >= 11 is 0. The van der Waals surface area contributed by atoms with Gasteiger partial charge < -0.3 is 19.4 Å². The number of aryl methyl sites for hydroxylation is 1. The Morgan fingerprint density at radius 2 is 1.97 bits per heavy atom. The van der Waals surface area contributed by atoms with Crippen molar-refractivity contribution in [3.63, 3.8) is 0 Å². The fourth-order valence-electron chi connectivity index (χ4n) is 3.04. The van der Waals surface area contributed by atoms with Crippen LogP contribution in [0.5, 0.6) is 5.75 Å². The molecule has 1 aromatic heterocycles. The fourth-order valence-corrected chi connectivity index (χ4v) is 3.04. The highest BCUT2D eigenvalue weighted by molar-refractivity contribution is 5.99. The zero-order chi connectivity index (χ0) is 20.8. The van der Waals surface area contributed by atoms with Gasteiger partial charge in [0.25, 0.3) is 0 Å². The largest absolute Gasteiger partial charge is 0.497 e. The number of likely N-dealkylation sites (N-methyl/N-ethyl adjacent to an activating group) is 1. The maximum atomic E-state index is 12.5. The summed E-state index contributed by atoms with van der Waals surface area (Å²) in [6.07, 6.45) is 3.94. The molecule has 6 nitrogen and oxygen atoms in total. The van der Waals surface area contributed by atoms with Gasteiger partial charge in [0.1, 0.15) is 17.1 Å². The minimum Gasteiger partial charge on any atom is -0.497 e. The number of rotatable bonds is 7. The molecular weight excluding hydrogens is 368 g/mol. The summed E-state index contributed by atoms with van der Waals surface area (Å²) < 4.78 is 11.0. The molecule has 6 heteroatoms. The first-order valence-corrected chi connectivity index (χ1v) is 9.39. The highest BCUT2D eigenvalue weighted by atomic mass is 16.5. The molecule has 0 fully saturated rings. The van der Waals surface area contributed by atoms with E-state index in [1.165, 1.54) is 11.0 Å². The number of hydrogen-bond acceptors (Lipinski definition) is 4. The van der Waals surface area contributed by atoms with Gasteiger partial charge in [-0.2, -0.15) is 0 Å². The van der Waals surface area contributed by atoms with Crippen LogP contribution < -0.4 is 10.1 Å². The highest BCUT2D eigenvalue weighted by Crippen LogP contribution is 2.27. The molecule has 0 radical (unpaired) electrons. The Morgan fingerprint density at radius 1 is 1.17 bits per heavy atom. The molecular formula is C23H24N2O4. The molecule has 0 aliphatic heterocycles. The third kappa shape index (κ3) is 4.85. The second-order valence-electron chi connectivity index (χ2n) is 6.60. The molecule has 29 heavy (non-hydrogen) atoms. The van der Waals surface area contributed by atoms with E-state index in [1.54, 1.807) is 44.5 Å². The van der Waals surface area contributed by atoms with E-state index in [0.717, 1.165) is 28.7 Å². The smallest absolute Gasteiger partial charge is 0.246 e. The number of carbonyl (C=O) groups excluding carboxylic acids is 2. The number of nitrogens with zero attached hydrogens (tertiary/aromatic N) is 1. The SMILES string of the molecule is CCc1oc2ccccc2c1/C=C/C(=O)N(C)CC(=O)Nc1cccc(OC)c1. The van der Waals surface area contributed by atoms with Crippen LogP contribution in [0.4, 0.5) is 5.69 Å². The summed E-state index contributed by atoms with van der Waals surface area (Å²) in [4.78, 5) is 26.1. The summed E-state index contributed by atoms with van der Waals surface area (Å²) in [6, 6.07) is 14.8. The summed E-state index contributed by atoms with van der Waals surface area (Å²) in [5.74, 6) is 0.923. The van der Waals surface area contributed by atoms with E-state index in [1.807, 2.05) is 31.2 Å². The van der Waals surface area contributed by atoms with Crippen LogP contribution in [0.15, 0.2) is 59.0 Å². The van der Waals surface area contributed by atoms with Gasteiger partial charge in [-0.25, -0.2) is 0 Å². The molecule has 3 rings (SSSR count). The molecule has 0 atom stereocenters. The van der Waals surface area contributed by atoms with Gasteiger partial charge >= 0.3 is 0 Å². The maximum absolute atomic E-state index is 12.5. The fraction of sp³-hybridized carbons (Fsp3) is 0.217. The first-order chi connectivity index (χ1) is 14.0. The number of amides is 2. The van der Waals surface area contributed by atoms with E-state index in [9.17, 15) is 9.59 Å². The van der Waals surface area contributed by atoms with Gasteiger partial charge in [-0.15, -0.1) is 0 Å². The third-order valence-electron chi connectivity index (χ3n) is 4.53. The van der Waals surface area contributed by atoms with Crippen molar-refractivity contribution in [1.82, 2.24) is 4.90 Å². The predicted octanol–water partition coefficient (Wildman–Crippen LogP) is 4.11. The second kappa shape index (κ2) is 9.10. The van der Waals surface area contributed by atoms with Gasteiger partial charge in [-0.3, -0.25) is 9.59 Å². The summed E-state index contributed by atoms with van der Waals surface area (Å²) in [5, 5.41) is 3.73. The molecule has 1 N–H and O–H groups in total. The quantitative estimate of drug-likeness (QED) is 0.614. The molecule has 1 heterocycles. The van der Waals surface area contributed by atoms with Crippen molar-refractivity contribution >= 4 is 34.5 Å². The van der Waals surface area contributed by atoms with Crippen molar-refractivity contribution in [1.29, 1.82) is 0 Å². The molecule has 2 amide bonds. The van der Waals surface area contributed by atoms with Gasteiger partial charge in [0.2, 0.25) is 11.8 Å². The van der Waals surface area contributed by atoms with E-state index >= 15 is 0 Å². The minimum absolute atomic E-state index is 0.0623. The molecule has 0 saturated carbocycles. The molecule has 3 aromatic rings. The maximum Gasteiger partial charge on any atom is 0.246 e. The molecule has 0 bridgehead atoms. The Morgan fingerprint density at radius 3 is 2.72 bits per heavy atom. The number of para-hydroxylation sites is 1. The van der Waals surface area contributed by atoms with Crippen LogP contribution in [0, 0.1) is 0 Å². The number of benzene rings is 2. The Bertz CT molecular complexity index is 1050. The lowest BCUT2D eigenvalue weighted by atomic mass is 10.1. The molecule has 0 aliphatic carbocycles. The number of carbonyl (C=O) groups is 2. The van der Waals surface area contributed by atoms with E-state index in [-0.39, 0.29) is 18.4 Å². The Labute approximate surface area is 169 Å². The summed E-state index contributed by atoms with van der Waals surface area (Å²) in [6.45, 7) is 1.94. The second-order valence-corrected chi connectivity index (χ2v) is 6.60. The summed E-state index contributed by atoms with van der Waals surface area (Å²) in [5.41, 5.74) is 2.30. The van der Waals surface area contributed by atoms with Crippen molar-refractivity contribution in [2.24, 2.45) is 0 Å². The molecule has 0 spiro atoms. The number of nitrogens with one attached hydrogen (secondary N) is 1. The Hall–Kier alpha value is -3.54. The normalized spacial score (nSPS) is 11.0. The number of fused-ring (bicyclic) bond motifs is 1. The van der Waals surface area contributed by atoms with E-state index in [0.29, 0.717) is 11.4 Å². The number of furan rings is 1. The van der Waals surface area contributed by atoms with Gasteiger partial charge in [0.05, 0.1) is 13.7 Å². The van der Waals surface area contributed by atoms with Gasteiger partial charge in [0, 0.05) is 42.2 Å². The molecule has 0 aliphatic rings. The Kier molecular flexibility index (Phi) is 6.34. The monoisotopic (exact) mass is 392 g/mol. The van der Waals surface area contributed by atoms with Crippen LogP contribution >= 0.6 is 0 Å². The van der Waals surface area contributed by atoms with Crippen LogP contribution in [0.25, 0.3) is 17.0 Å². The van der Waals surface area contributed by atoms with Crippen molar-refractivity contribution in [2.75, 3.05) is 26.0 Å². The average Bonchev–Trinajstić information content (AvgIpc) is 3.09. The van der Waals surface area contributed by atoms with Crippen LogP contribution in [0.1, 0.15) is 18.2 Å². The van der Waals surface area contributed by atoms with E-state index in [2.05, 4.69) is 5.32 Å². The zero-order valence-corrected chi connectivity index (χ0v) is 16.8. The van der Waals surface area contributed by atoms with Crippen LogP contribution in [-0.4, -0.2) is 37.4 Å². The molecule has 0 saturated heterocycles. The van der Waals surface area contributed by atoms with Crippen molar-refractivity contribution in [3.8, 4) is 5.75 Å². The number of methoxy groups -OCH3 is 1. The highest BCUT2D eigenvalue weighted by Gasteiger charge is 2.13. The van der Waals surface area contributed by atoms with Gasteiger partial charge in [0.15, 0.2) is 0 Å². The van der Waals surface area contributed by atoms with Gasteiger partial charge in [-0.05, 0) is 24.3 Å². The zero-order valence-electron chi connectivity index (χ0n) is 16.8. The lowest BCUT2D eigenvalue weighted by molar-refractivity contribution is -0.129. The number of anilines is 1. The van der Waals surface area contributed by atoms with Crippen molar-refractivity contribution in [2.45, 2.75) is 13.3 Å². The van der Waals surface area contributed by atoms with Crippen LogP contribution in [0.2, 0.25) is 0 Å². The average molecular weight is 392 g/mol. The van der Waals surface area contributed by atoms with Crippen molar-refractivity contribution in [3.05, 3.63) is 65.9 Å². The lowest BCUT2D eigenvalue weighted by Gasteiger charge is -2.15. The third-order valence-corrected chi connectivity index (χ3v) is 4.53. The number of hydrogen-bond donors (Lipinski definition) is 1. The summed E-state index contributed by atoms with van der Waals surface area (Å²) in [7, 11) is 3.15. The topological polar surface area (TPSA) is 71.8 Å². The Balaban J connectivity index is 1.65. The standard InChI is InChI=1S/C23H24N2O4/c1-4-20-19(18-10-5-6-11-21(18)29-20)12-13-23(27)25(2)15-22(26)24-16-8-7-9-17(14-16)28-3/h5-14H,4,15H2,1-3H3,(H,24,26)/b13-12+.